The van der Waals surface area contributed by atoms with Gasteiger partial charge in [-0.3, -0.25) is 14.9 Å². The molecule has 0 aliphatic carbocycles. The van der Waals surface area contributed by atoms with Crippen LogP contribution in [0.1, 0.15) is 10.6 Å². The van der Waals surface area contributed by atoms with Crippen LogP contribution in [0, 0.1) is 15.9 Å². The number of non-ortho nitro benzene ring substituents is 1. The summed E-state index contributed by atoms with van der Waals surface area (Å²) in [7, 11) is 0. The summed E-state index contributed by atoms with van der Waals surface area (Å²) in [5.41, 5.74) is 2.54. The first-order valence-corrected chi connectivity index (χ1v) is 9.79. The SMILES string of the molecule is O=C(Nc1ccc2oc(-c3ccc(F)cc3)nc2c1)c1ccc(-c2cccc([N+](=O)[O-])c2)o1. The number of hydrogen-bond acceptors (Lipinski definition) is 6. The Balaban J connectivity index is 1.35. The van der Waals surface area contributed by atoms with E-state index in [1.807, 2.05) is 0 Å². The predicted octanol–water partition coefficient (Wildman–Crippen LogP) is 6.05. The van der Waals surface area contributed by atoms with Crippen LogP contribution in [0.25, 0.3) is 33.9 Å². The fourth-order valence-electron chi connectivity index (χ4n) is 3.30. The van der Waals surface area contributed by atoms with E-state index < -0.39 is 10.8 Å². The molecule has 162 valence electrons. The van der Waals surface area contributed by atoms with Gasteiger partial charge in [0.1, 0.15) is 17.1 Å². The zero-order chi connectivity index (χ0) is 22.9. The van der Waals surface area contributed by atoms with Crippen molar-refractivity contribution in [3.8, 4) is 22.8 Å². The smallest absolute Gasteiger partial charge is 0.291 e. The Morgan fingerprint density at radius 1 is 0.939 bits per heavy atom. The van der Waals surface area contributed by atoms with Crippen molar-refractivity contribution >= 4 is 28.4 Å². The van der Waals surface area contributed by atoms with Crippen LogP contribution in [0.4, 0.5) is 15.8 Å². The van der Waals surface area contributed by atoms with E-state index in [1.54, 1.807) is 48.5 Å². The van der Waals surface area contributed by atoms with Gasteiger partial charge in [0.25, 0.3) is 11.6 Å². The second-order valence-electron chi connectivity index (χ2n) is 7.13. The Hall–Kier alpha value is -4.79. The highest BCUT2D eigenvalue weighted by atomic mass is 19.1. The summed E-state index contributed by atoms with van der Waals surface area (Å²) >= 11 is 0. The molecular weight excluding hydrogens is 429 g/mol. The molecule has 0 saturated carbocycles. The predicted molar refractivity (Wildman–Crippen MR) is 118 cm³/mol. The zero-order valence-corrected chi connectivity index (χ0v) is 16.8. The molecule has 1 amide bonds. The number of nitrogens with one attached hydrogen (secondary N) is 1. The summed E-state index contributed by atoms with van der Waals surface area (Å²) in [5.74, 6) is -0.135. The van der Waals surface area contributed by atoms with Gasteiger partial charge in [-0.1, -0.05) is 12.1 Å². The van der Waals surface area contributed by atoms with E-state index in [1.165, 1.54) is 30.3 Å². The monoisotopic (exact) mass is 443 g/mol. The first-order valence-electron chi connectivity index (χ1n) is 9.79. The molecule has 0 radical (unpaired) electrons. The summed E-state index contributed by atoms with van der Waals surface area (Å²) < 4.78 is 24.4. The third kappa shape index (κ3) is 4.07. The average Bonchev–Trinajstić information content (AvgIpc) is 3.47. The number of halogens is 1. The molecule has 0 atom stereocenters. The largest absolute Gasteiger partial charge is 0.451 e. The number of nitrogens with zero attached hydrogens (tertiary/aromatic N) is 2. The molecule has 0 bridgehead atoms. The van der Waals surface area contributed by atoms with E-state index in [4.69, 9.17) is 8.83 Å². The summed E-state index contributed by atoms with van der Waals surface area (Å²) in [6, 6.07) is 19.8. The van der Waals surface area contributed by atoms with Gasteiger partial charge in [-0.05, 0) is 54.6 Å². The van der Waals surface area contributed by atoms with Crippen LogP contribution in [-0.4, -0.2) is 15.8 Å². The van der Waals surface area contributed by atoms with Gasteiger partial charge in [0.05, 0.1) is 4.92 Å². The quantitative estimate of drug-likeness (QED) is 0.261. The van der Waals surface area contributed by atoms with Crippen molar-refractivity contribution in [1.82, 2.24) is 4.98 Å². The van der Waals surface area contributed by atoms with Gasteiger partial charge in [0.15, 0.2) is 11.3 Å². The number of rotatable bonds is 5. The van der Waals surface area contributed by atoms with Crippen LogP contribution in [0.3, 0.4) is 0 Å². The number of anilines is 1. The Bertz CT molecular complexity index is 1500. The van der Waals surface area contributed by atoms with Gasteiger partial charge in [-0.2, -0.15) is 0 Å². The van der Waals surface area contributed by atoms with Crippen molar-refractivity contribution in [2.24, 2.45) is 0 Å². The molecule has 5 rings (SSSR count). The van der Waals surface area contributed by atoms with Gasteiger partial charge in [0, 0.05) is 28.9 Å². The third-order valence-corrected chi connectivity index (χ3v) is 4.91. The molecule has 0 aliphatic heterocycles. The van der Waals surface area contributed by atoms with Gasteiger partial charge in [0.2, 0.25) is 5.89 Å². The van der Waals surface area contributed by atoms with Crippen LogP contribution in [0.15, 0.2) is 87.7 Å². The molecule has 0 fully saturated rings. The lowest BCUT2D eigenvalue weighted by molar-refractivity contribution is -0.384. The van der Waals surface area contributed by atoms with E-state index in [0.717, 1.165) is 0 Å². The number of nitro groups is 1. The molecule has 1 N–H and O–H groups in total. The second kappa shape index (κ2) is 8.04. The number of carbonyl (C=O) groups is 1. The van der Waals surface area contributed by atoms with Gasteiger partial charge < -0.3 is 14.2 Å². The van der Waals surface area contributed by atoms with Gasteiger partial charge in [-0.25, -0.2) is 9.37 Å². The molecule has 33 heavy (non-hydrogen) atoms. The minimum Gasteiger partial charge on any atom is -0.451 e. The molecule has 2 heterocycles. The second-order valence-corrected chi connectivity index (χ2v) is 7.13. The number of aromatic nitrogens is 1. The summed E-state index contributed by atoms with van der Waals surface area (Å²) in [6.07, 6.45) is 0. The number of nitro benzene ring substituents is 1. The number of amides is 1. The normalized spacial score (nSPS) is 10.9. The molecule has 3 aromatic carbocycles. The summed E-state index contributed by atoms with van der Waals surface area (Å²) in [6.45, 7) is 0. The van der Waals surface area contributed by atoms with Crippen LogP contribution < -0.4 is 5.32 Å². The lowest BCUT2D eigenvalue weighted by Crippen LogP contribution is -2.10. The van der Waals surface area contributed by atoms with E-state index in [9.17, 15) is 19.3 Å². The lowest BCUT2D eigenvalue weighted by Gasteiger charge is -2.02. The number of benzene rings is 3. The maximum atomic E-state index is 13.1. The number of carbonyl (C=O) groups excluding carboxylic acids is 1. The van der Waals surface area contributed by atoms with Crippen molar-refractivity contribution in [3.63, 3.8) is 0 Å². The lowest BCUT2D eigenvalue weighted by atomic mass is 10.1. The van der Waals surface area contributed by atoms with Crippen molar-refractivity contribution in [1.29, 1.82) is 0 Å². The Morgan fingerprint density at radius 2 is 1.76 bits per heavy atom. The topological polar surface area (TPSA) is 111 Å². The highest BCUT2D eigenvalue weighted by Crippen LogP contribution is 2.28. The van der Waals surface area contributed by atoms with Gasteiger partial charge in [-0.15, -0.1) is 0 Å². The molecule has 0 spiro atoms. The number of fused-ring (bicyclic) bond motifs is 1. The summed E-state index contributed by atoms with van der Waals surface area (Å²) in [5, 5.41) is 13.7. The maximum absolute atomic E-state index is 13.1. The number of hydrogen-bond donors (Lipinski definition) is 1. The van der Waals surface area contributed by atoms with Crippen LogP contribution >= 0.6 is 0 Å². The van der Waals surface area contributed by atoms with E-state index in [2.05, 4.69) is 10.3 Å². The third-order valence-electron chi connectivity index (χ3n) is 4.91. The standard InChI is InChI=1S/C24H14FN3O5/c25-16-6-4-14(5-7-16)24-27-19-13-17(8-9-21(19)33-24)26-23(29)22-11-10-20(32-22)15-2-1-3-18(12-15)28(30)31/h1-13H,(H,26,29). The molecule has 2 aromatic heterocycles. The Kier molecular flexibility index (Phi) is 4.91. The molecule has 9 heteroatoms. The zero-order valence-electron chi connectivity index (χ0n) is 16.8. The average molecular weight is 443 g/mol. The molecule has 8 nitrogen and oxygen atoms in total. The van der Waals surface area contributed by atoms with Crippen LogP contribution in [0.2, 0.25) is 0 Å². The van der Waals surface area contributed by atoms with Crippen LogP contribution in [-0.2, 0) is 0 Å². The van der Waals surface area contributed by atoms with Crippen LogP contribution in [0.5, 0.6) is 0 Å². The molecule has 0 saturated heterocycles. The molecule has 5 aromatic rings. The molecular formula is C24H14FN3O5. The Labute approximate surface area is 185 Å². The van der Waals surface area contributed by atoms with Crippen molar-refractivity contribution in [2.75, 3.05) is 5.32 Å². The van der Waals surface area contributed by atoms with E-state index in [0.29, 0.717) is 39.6 Å². The fourth-order valence-corrected chi connectivity index (χ4v) is 3.30. The Morgan fingerprint density at radius 3 is 2.55 bits per heavy atom. The highest BCUT2D eigenvalue weighted by molar-refractivity contribution is 6.03. The highest BCUT2D eigenvalue weighted by Gasteiger charge is 2.16. The van der Waals surface area contributed by atoms with E-state index >= 15 is 0 Å². The molecule has 0 unspecified atom stereocenters. The minimum atomic E-state index is -0.498. The van der Waals surface area contributed by atoms with Crippen molar-refractivity contribution in [3.05, 3.63) is 101 Å². The van der Waals surface area contributed by atoms with Crippen molar-refractivity contribution < 1.29 is 22.9 Å². The van der Waals surface area contributed by atoms with E-state index in [-0.39, 0.29) is 17.3 Å². The number of oxazole rings is 1. The van der Waals surface area contributed by atoms with Gasteiger partial charge >= 0.3 is 0 Å². The maximum Gasteiger partial charge on any atom is 0.291 e. The first-order chi connectivity index (χ1) is 16.0. The summed E-state index contributed by atoms with van der Waals surface area (Å²) in [4.78, 5) is 27.5. The van der Waals surface area contributed by atoms with Crippen molar-refractivity contribution in [2.45, 2.75) is 0 Å². The first kappa shape index (κ1) is 20.1. The minimum absolute atomic E-state index is 0.0451. The fraction of sp³-hybridized carbons (Fsp3) is 0. The molecule has 0 aliphatic rings. The number of furan rings is 1.